The van der Waals surface area contributed by atoms with Gasteiger partial charge in [-0.3, -0.25) is 4.79 Å². The monoisotopic (exact) mass is 432 g/mol. The number of carbonyl (C=O) groups is 1. The first-order valence-corrected chi connectivity index (χ1v) is 13.3. The third kappa shape index (κ3) is 3.78. The van der Waals surface area contributed by atoms with Gasteiger partial charge in [0.05, 0.1) is 24.4 Å². The van der Waals surface area contributed by atoms with Crippen LogP contribution in [-0.2, 0) is 4.79 Å². The summed E-state index contributed by atoms with van der Waals surface area (Å²) in [7, 11) is 0. The zero-order chi connectivity index (χ0) is 21.5. The van der Waals surface area contributed by atoms with Crippen LogP contribution in [0.25, 0.3) is 0 Å². The topological polar surface area (TPSA) is 57.5 Å². The number of hydrogen-bond donors (Lipinski definition) is 2. The Morgan fingerprint density at radius 3 is 2.57 bits per heavy atom. The summed E-state index contributed by atoms with van der Waals surface area (Å²) in [4.78, 5) is 13.2. The lowest BCUT2D eigenvalue weighted by Crippen LogP contribution is -2.54. The van der Waals surface area contributed by atoms with E-state index in [2.05, 4.69) is 19.8 Å². The predicted octanol–water partition coefficient (Wildman–Crippen LogP) is 4.55. The van der Waals surface area contributed by atoms with E-state index < -0.39 is 0 Å². The van der Waals surface area contributed by atoms with E-state index in [9.17, 15) is 15.0 Å². The Hall–Kier alpha value is -0.500. The molecule has 2 N–H and O–H groups in total. The maximum atomic E-state index is 13.2. The van der Waals surface area contributed by atoms with Crippen LogP contribution in [0.4, 0.5) is 0 Å². The van der Waals surface area contributed by atoms with Crippen LogP contribution in [0.3, 0.4) is 0 Å². The summed E-state index contributed by atoms with van der Waals surface area (Å²) < 4.78 is 0. The number of fused-ring (bicyclic) bond motifs is 5. The fourth-order valence-corrected chi connectivity index (χ4v) is 9.33. The van der Waals surface area contributed by atoms with E-state index >= 15 is 0 Å². The van der Waals surface area contributed by atoms with Gasteiger partial charge < -0.3 is 10.2 Å². The highest BCUT2D eigenvalue weighted by Gasteiger charge is 2.60. The van der Waals surface area contributed by atoms with Crippen molar-refractivity contribution in [1.29, 1.82) is 0 Å². The smallest absolute Gasteiger partial charge is 0.146 e. The van der Waals surface area contributed by atoms with E-state index in [1.165, 1.54) is 38.5 Å². The van der Waals surface area contributed by atoms with E-state index in [4.69, 9.17) is 6.42 Å². The summed E-state index contributed by atoms with van der Waals surface area (Å²) in [6, 6.07) is 0. The number of hydrogen-bond acceptors (Lipinski definition) is 4. The number of ketones is 1. The summed E-state index contributed by atoms with van der Waals surface area (Å²) in [5.41, 5.74) is 0.564. The van der Waals surface area contributed by atoms with Gasteiger partial charge in [-0.1, -0.05) is 13.8 Å². The van der Waals surface area contributed by atoms with Gasteiger partial charge in [-0.25, -0.2) is 0 Å². The molecule has 168 valence electrons. The SMILES string of the molecule is C#CC(CO)CSCC(=O)[C@H]1CC[C@H]2[C@@H]3CC[C@@H]4C[C@H](O)CC[C@]4(C)[C@H]3CC[C@]12C. The van der Waals surface area contributed by atoms with Gasteiger partial charge in [-0.15, -0.1) is 12.3 Å². The molecule has 30 heavy (non-hydrogen) atoms. The zero-order valence-corrected chi connectivity index (χ0v) is 19.6. The number of aliphatic hydroxyl groups is 2. The van der Waals surface area contributed by atoms with Gasteiger partial charge in [0, 0.05) is 11.7 Å². The van der Waals surface area contributed by atoms with Gasteiger partial charge in [0.15, 0.2) is 0 Å². The molecule has 0 spiro atoms. The van der Waals surface area contributed by atoms with Crippen LogP contribution in [0.1, 0.15) is 71.6 Å². The standard InChI is InChI=1S/C26H40O3S/c1-4-17(14-27)15-30-16-24(29)23-8-7-21-20-6-5-18-13-19(28)9-11-25(18,2)22(20)10-12-26(21,23)3/h1,17-23,27-28H,5-16H2,2-3H3/t17?,18-,19-,20+,21+,22+,23-,25+,26+/m1/s1. The minimum atomic E-state index is -0.143. The number of aliphatic hydroxyl groups excluding tert-OH is 2. The molecular formula is C26H40O3S. The molecule has 1 unspecified atom stereocenters. The maximum Gasteiger partial charge on any atom is 0.146 e. The number of rotatable bonds is 6. The van der Waals surface area contributed by atoms with Crippen LogP contribution >= 0.6 is 11.8 Å². The summed E-state index contributed by atoms with van der Waals surface area (Å²) in [5, 5.41) is 19.5. The number of terminal acetylenes is 1. The first-order chi connectivity index (χ1) is 14.3. The quantitative estimate of drug-likeness (QED) is 0.605. The molecule has 9 atom stereocenters. The van der Waals surface area contributed by atoms with E-state index in [1.807, 2.05) is 0 Å². The molecule has 4 aliphatic carbocycles. The van der Waals surface area contributed by atoms with E-state index in [-0.39, 0.29) is 30.0 Å². The zero-order valence-electron chi connectivity index (χ0n) is 18.8. The highest BCUT2D eigenvalue weighted by Crippen LogP contribution is 2.67. The molecule has 0 bridgehead atoms. The van der Waals surface area contributed by atoms with E-state index in [0.29, 0.717) is 34.5 Å². The van der Waals surface area contributed by atoms with Crippen molar-refractivity contribution in [3.05, 3.63) is 0 Å². The summed E-state index contributed by atoms with van der Waals surface area (Å²) >= 11 is 1.61. The third-order valence-corrected chi connectivity index (χ3v) is 11.2. The van der Waals surface area contributed by atoms with Crippen molar-refractivity contribution >= 4 is 17.5 Å². The average molecular weight is 433 g/mol. The molecular weight excluding hydrogens is 392 g/mol. The average Bonchev–Trinajstić information content (AvgIpc) is 3.09. The molecule has 0 radical (unpaired) electrons. The normalized spacial score (nSPS) is 46.2. The Labute approximate surface area is 187 Å². The second-order valence-electron chi connectivity index (χ2n) is 11.3. The van der Waals surface area contributed by atoms with E-state index in [1.54, 1.807) is 11.8 Å². The summed E-state index contributed by atoms with van der Waals surface area (Å²) in [6.07, 6.45) is 15.8. The second-order valence-corrected chi connectivity index (χ2v) is 12.3. The van der Waals surface area contributed by atoms with Gasteiger partial charge >= 0.3 is 0 Å². The van der Waals surface area contributed by atoms with Crippen molar-refractivity contribution in [3.8, 4) is 12.3 Å². The molecule has 0 aromatic rings. The Morgan fingerprint density at radius 1 is 1.10 bits per heavy atom. The van der Waals surface area contributed by atoms with Crippen molar-refractivity contribution in [1.82, 2.24) is 0 Å². The highest BCUT2D eigenvalue weighted by atomic mass is 32.2. The lowest BCUT2D eigenvalue weighted by Gasteiger charge is -2.60. The largest absolute Gasteiger partial charge is 0.395 e. The molecule has 4 fully saturated rings. The molecule has 0 aromatic heterocycles. The Bertz CT molecular complexity index is 686. The molecule has 0 aliphatic heterocycles. The van der Waals surface area contributed by atoms with Crippen LogP contribution in [0.2, 0.25) is 0 Å². The van der Waals surface area contributed by atoms with Gasteiger partial charge in [0.2, 0.25) is 0 Å². The van der Waals surface area contributed by atoms with Crippen molar-refractivity contribution in [2.75, 3.05) is 18.1 Å². The van der Waals surface area contributed by atoms with Gasteiger partial charge in [-0.2, -0.15) is 11.8 Å². The first-order valence-electron chi connectivity index (χ1n) is 12.2. The maximum absolute atomic E-state index is 13.2. The van der Waals surface area contributed by atoms with Crippen molar-refractivity contribution in [3.63, 3.8) is 0 Å². The lowest BCUT2D eigenvalue weighted by atomic mass is 9.44. The fraction of sp³-hybridized carbons (Fsp3) is 0.885. The fourth-order valence-electron chi connectivity index (χ4n) is 8.32. The first kappa shape index (κ1) is 22.7. The van der Waals surface area contributed by atoms with Crippen molar-refractivity contribution in [2.45, 2.75) is 77.7 Å². The molecule has 0 saturated heterocycles. The molecule has 0 heterocycles. The van der Waals surface area contributed by atoms with Crippen LogP contribution in [0, 0.1) is 58.7 Å². The Kier molecular flexibility index (Phi) is 6.65. The number of thioether (sulfide) groups is 1. The minimum absolute atomic E-state index is 0.000760. The molecule has 4 aliphatic rings. The molecule has 4 rings (SSSR count). The summed E-state index contributed by atoms with van der Waals surface area (Å²) in [6.45, 7) is 4.95. The predicted molar refractivity (Wildman–Crippen MR) is 123 cm³/mol. The Balaban J connectivity index is 1.43. The molecule has 4 heteroatoms. The number of Topliss-reactive ketones (excluding diaryl/α,β-unsaturated/α-hetero) is 1. The Morgan fingerprint density at radius 2 is 1.83 bits per heavy atom. The van der Waals surface area contributed by atoms with Crippen molar-refractivity contribution in [2.24, 2.45) is 46.3 Å². The number of carbonyl (C=O) groups excluding carboxylic acids is 1. The molecule has 4 saturated carbocycles. The van der Waals surface area contributed by atoms with Gasteiger partial charge in [0.1, 0.15) is 5.78 Å². The molecule has 3 nitrogen and oxygen atoms in total. The van der Waals surface area contributed by atoms with Crippen LogP contribution in [0.15, 0.2) is 0 Å². The highest BCUT2D eigenvalue weighted by molar-refractivity contribution is 7.99. The van der Waals surface area contributed by atoms with Crippen LogP contribution in [0.5, 0.6) is 0 Å². The molecule has 0 amide bonds. The summed E-state index contributed by atoms with van der Waals surface area (Å²) in [5.74, 6) is 7.23. The minimum Gasteiger partial charge on any atom is -0.395 e. The lowest BCUT2D eigenvalue weighted by molar-refractivity contribution is -0.138. The van der Waals surface area contributed by atoms with Crippen LogP contribution < -0.4 is 0 Å². The third-order valence-electron chi connectivity index (χ3n) is 10.0. The van der Waals surface area contributed by atoms with Crippen molar-refractivity contribution < 1.29 is 15.0 Å². The van der Waals surface area contributed by atoms with Crippen LogP contribution in [-0.4, -0.2) is 40.2 Å². The van der Waals surface area contributed by atoms with Gasteiger partial charge in [-0.05, 0) is 92.3 Å². The van der Waals surface area contributed by atoms with E-state index in [0.717, 1.165) is 31.1 Å². The molecule has 0 aromatic carbocycles. The second kappa shape index (κ2) is 8.80. The van der Waals surface area contributed by atoms with Gasteiger partial charge in [0.25, 0.3) is 0 Å².